The van der Waals surface area contributed by atoms with Crippen molar-refractivity contribution in [2.24, 2.45) is 5.41 Å². The normalized spacial score (nSPS) is 19.3. The molecule has 1 aliphatic heterocycles. The number of likely N-dealkylation sites (tertiary alicyclic amines) is 1. The van der Waals surface area contributed by atoms with Crippen LogP contribution in [0.1, 0.15) is 38.5 Å². The first-order valence-electron chi connectivity index (χ1n) is 8.90. The van der Waals surface area contributed by atoms with Crippen molar-refractivity contribution in [3.05, 3.63) is 30.3 Å². The second-order valence-electron chi connectivity index (χ2n) is 6.81. The van der Waals surface area contributed by atoms with Crippen LogP contribution in [0, 0.1) is 5.41 Å². The summed E-state index contributed by atoms with van der Waals surface area (Å²) < 4.78 is 5.50. The molecular weight excluding hydrogens is 320 g/mol. The maximum atomic E-state index is 12.6. The molecule has 1 heterocycles. The van der Waals surface area contributed by atoms with Crippen molar-refractivity contribution >= 4 is 17.7 Å². The van der Waals surface area contributed by atoms with Gasteiger partial charge in [0.1, 0.15) is 18.9 Å². The molecule has 6 heteroatoms. The van der Waals surface area contributed by atoms with E-state index in [9.17, 15) is 14.4 Å². The van der Waals surface area contributed by atoms with Crippen LogP contribution >= 0.6 is 0 Å². The van der Waals surface area contributed by atoms with Gasteiger partial charge < -0.3 is 10.1 Å². The quantitative estimate of drug-likeness (QED) is 0.632. The third-order valence-corrected chi connectivity index (χ3v) is 5.04. The first-order valence-corrected chi connectivity index (χ1v) is 8.90. The summed E-state index contributed by atoms with van der Waals surface area (Å²) in [6, 6.07) is 9.33. The van der Waals surface area contributed by atoms with E-state index in [1.165, 1.54) is 0 Å². The predicted octanol–water partition coefficient (Wildman–Crippen LogP) is 1.89. The van der Waals surface area contributed by atoms with Crippen molar-refractivity contribution < 1.29 is 19.1 Å². The fourth-order valence-electron chi connectivity index (χ4n) is 3.71. The molecule has 1 spiro atoms. The molecule has 0 aromatic heterocycles. The Morgan fingerprint density at radius 2 is 1.84 bits per heavy atom. The lowest BCUT2D eigenvalue weighted by molar-refractivity contribution is -0.145. The molecule has 3 amide bonds. The number of ether oxygens (including phenoxy) is 1. The maximum absolute atomic E-state index is 12.6. The van der Waals surface area contributed by atoms with Gasteiger partial charge in [-0.25, -0.2) is 0 Å². The molecule has 6 nitrogen and oxygen atoms in total. The summed E-state index contributed by atoms with van der Waals surface area (Å²) in [4.78, 5) is 38.1. The lowest BCUT2D eigenvalue weighted by atomic mass is 9.73. The van der Waals surface area contributed by atoms with Crippen molar-refractivity contribution in [3.8, 4) is 5.75 Å². The van der Waals surface area contributed by atoms with E-state index in [1.54, 1.807) is 0 Å². The number of para-hydroxylation sites is 1. The molecule has 1 saturated heterocycles. The molecule has 2 aliphatic rings. The number of carbonyl (C=O) groups excluding carboxylic acids is 3. The van der Waals surface area contributed by atoms with E-state index in [0.29, 0.717) is 13.2 Å². The molecular formula is C19H24N2O4. The Hall–Kier alpha value is -2.37. The van der Waals surface area contributed by atoms with Gasteiger partial charge in [-0.05, 0) is 25.0 Å². The number of rotatable bonds is 6. The molecule has 1 aromatic carbocycles. The van der Waals surface area contributed by atoms with Gasteiger partial charge >= 0.3 is 0 Å². The summed E-state index contributed by atoms with van der Waals surface area (Å²) in [6.07, 6.45) is 4.87. The number of nitrogens with zero attached hydrogens (tertiary/aromatic N) is 1. The average molecular weight is 344 g/mol. The largest absolute Gasteiger partial charge is 0.492 e. The van der Waals surface area contributed by atoms with Crippen LogP contribution in [-0.4, -0.2) is 42.3 Å². The molecule has 0 unspecified atom stereocenters. The highest BCUT2D eigenvalue weighted by Gasteiger charge is 2.51. The van der Waals surface area contributed by atoms with Crippen molar-refractivity contribution in [2.45, 2.75) is 38.5 Å². The zero-order valence-electron chi connectivity index (χ0n) is 14.3. The standard InChI is InChI=1S/C19H24N2O4/c22-16(20-11-12-25-15-7-3-1-4-8-15)14-21-17(23)13-19(18(21)24)9-5-2-6-10-19/h1,3-4,7-8H,2,5-6,9-14H2,(H,20,22). The van der Waals surface area contributed by atoms with Crippen LogP contribution in [0.2, 0.25) is 0 Å². The Kier molecular flexibility index (Phi) is 5.36. The second kappa shape index (κ2) is 7.68. The molecule has 1 saturated carbocycles. The predicted molar refractivity (Wildman–Crippen MR) is 91.8 cm³/mol. The topological polar surface area (TPSA) is 75.7 Å². The van der Waals surface area contributed by atoms with Crippen LogP contribution in [0.15, 0.2) is 30.3 Å². The number of amides is 3. The van der Waals surface area contributed by atoms with E-state index in [2.05, 4.69) is 5.32 Å². The third-order valence-electron chi connectivity index (χ3n) is 5.04. The fraction of sp³-hybridized carbons (Fsp3) is 0.526. The molecule has 0 bridgehead atoms. The summed E-state index contributed by atoms with van der Waals surface area (Å²) >= 11 is 0. The molecule has 25 heavy (non-hydrogen) atoms. The molecule has 0 atom stereocenters. The SMILES string of the molecule is O=C(CN1C(=O)CC2(CCCCC2)C1=O)NCCOc1ccccc1. The minimum Gasteiger partial charge on any atom is -0.492 e. The van der Waals surface area contributed by atoms with E-state index in [4.69, 9.17) is 4.74 Å². The van der Waals surface area contributed by atoms with E-state index in [1.807, 2.05) is 30.3 Å². The number of imide groups is 1. The van der Waals surface area contributed by atoms with Crippen molar-refractivity contribution in [1.29, 1.82) is 0 Å². The zero-order valence-corrected chi connectivity index (χ0v) is 14.3. The highest BCUT2D eigenvalue weighted by molar-refractivity contribution is 6.08. The summed E-state index contributed by atoms with van der Waals surface area (Å²) in [5, 5.41) is 2.70. The summed E-state index contributed by atoms with van der Waals surface area (Å²) in [7, 11) is 0. The van der Waals surface area contributed by atoms with Gasteiger partial charge in [-0.1, -0.05) is 37.5 Å². The van der Waals surface area contributed by atoms with Crippen molar-refractivity contribution in [2.75, 3.05) is 19.7 Å². The minimum absolute atomic E-state index is 0.159. The first kappa shape index (κ1) is 17.5. The Labute approximate surface area is 147 Å². The van der Waals surface area contributed by atoms with Crippen molar-refractivity contribution in [1.82, 2.24) is 10.2 Å². The van der Waals surface area contributed by atoms with E-state index < -0.39 is 5.41 Å². The monoisotopic (exact) mass is 344 g/mol. The lowest BCUT2D eigenvalue weighted by Crippen LogP contribution is -2.43. The van der Waals surface area contributed by atoms with Gasteiger partial charge in [-0.3, -0.25) is 19.3 Å². The number of benzene rings is 1. The Morgan fingerprint density at radius 3 is 2.56 bits per heavy atom. The van der Waals surface area contributed by atoms with Crippen LogP contribution in [0.4, 0.5) is 0 Å². The van der Waals surface area contributed by atoms with E-state index >= 15 is 0 Å². The van der Waals surface area contributed by atoms with E-state index in [-0.39, 0.29) is 30.7 Å². The Balaban J connectivity index is 1.44. The first-order chi connectivity index (χ1) is 12.1. The second-order valence-corrected chi connectivity index (χ2v) is 6.81. The average Bonchev–Trinajstić information content (AvgIpc) is 2.84. The van der Waals surface area contributed by atoms with Crippen LogP contribution in [-0.2, 0) is 14.4 Å². The number of nitrogens with one attached hydrogen (secondary N) is 1. The van der Waals surface area contributed by atoms with E-state index in [0.717, 1.165) is 42.8 Å². The van der Waals surface area contributed by atoms with Crippen LogP contribution in [0.3, 0.4) is 0 Å². The highest BCUT2D eigenvalue weighted by atomic mass is 16.5. The minimum atomic E-state index is -0.536. The van der Waals surface area contributed by atoms with Crippen LogP contribution < -0.4 is 10.1 Å². The Morgan fingerprint density at radius 1 is 1.12 bits per heavy atom. The summed E-state index contributed by atoms with van der Waals surface area (Å²) in [5.41, 5.74) is -0.536. The van der Waals surface area contributed by atoms with Gasteiger partial charge in [0, 0.05) is 6.42 Å². The van der Waals surface area contributed by atoms with Gasteiger partial charge in [0.25, 0.3) is 0 Å². The molecule has 3 rings (SSSR count). The summed E-state index contributed by atoms with van der Waals surface area (Å²) in [6.45, 7) is 0.474. The van der Waals surface area contributed by atoms with Gasteiger partial charge in [-0.2, -0.15) is 0 Å². The van der Waals surface area contributed by atoms with Gasteiger partial charge in [-0.15, -0.1) is 0 Å². The molecule has 1 N–H and O–H groups in total. The molecule has 2 fully saturated rings. The number of carbonyl (C=O) groups is 3. The maximum Gasteiger partial charge on any atom is 0.240 e. The van der Waals surface area contributed by atoms with Crippen molar-refractivity contribution in [3.63, 3.8) is 0 Å². The van der Waals surface area contributed by atoms with Crippen LogP contribution in [0.25, 0.3) is 0 Å². The molecule has 134 valence electrons. The van der Waals surface area contributed by atoms with Gasteiger partial charge in [0.05, 0.1) is 12.0 Å². The number of hydrogen-bond donors (Lipinski definition) is 1. The zero-order chi connectivity index (χ0) is 17.7. The Bertz CT molecular complexity index is 638. The smallest absolute Gasteiger partial charge is 0.240 e. The third kappa shape index (κ3) is 4.00. The number of hydrogen-bond acceptors (Lipinski definition) is 4. The van der Waals surface area contributed by atoms with Gasteiger partial charge in [0.15, 0.2) is 0 Å². The molecule has 1 aromatic rings. The highest BCUT2D eigenvalue weighted by Crippen LogP contribution is 2.45. The van der Waals surface area contributed by atoms with Crippen LogP contribution in [0.5, 0.6) is 5.75 Å². The molecule has 0 radical (unpaired) electrons. The fourth-order valence-corrected chi connectivity index (χ4v) is 3.71. The lowest BCUT2D eigenvalue weighted by Gasteiger charge is -2.30. The van der Waals surface area contributed by atoms with Gasteiger partial charge in [0.2, 0.25) is 17.7 Å². The summed E-state index contributed by atoms with van der Waals surface area (Å²) in [5.74, 6) is 0.0302. The molecule has 1 aliphatic carbocycles.